The average molecular weight is 285 g/mol. The molecule has 4 nitrogen and oxygen atoms in total. The third-order valence-electron chi connectivity index (χ3n) is 3.69. The van der Waals surface area contributed by atoms with Crippen LogP contribution in [0.15, 0.2) is 18.2 Å². The molecule has 1 aromatic carbocycles. The zero-order valence-electron chi connectivity index (χ0n) is 12.5. The molecule has 1 aromatic rings. The van der Waals surface area contributed by atoms with Gasteiger partial charge in [-0.05, 0) is 37.5 Å². The van der Waals surface area contributed by atoms with Gasteiger partial charge in [0.1, 0.15) is 0 Å². The maximum atomic E-state index is 12.1. The molecule has 1 aliphatic carbocycles. The summed E-state index contributed by atoms with van der Waals surface area (Å²) in [6.07, 6.45) is 5.81. The van der Waals surface area contributed by atoms with Crippen LogP contribution in [0.4, 0.5) is 10.5 Å². The highest BCUT2D eigenvalue weighted by atomic mass is 16.2. The van der Waals surface area contributed by atoms with Gasteiger partial charge in [-0.1, -0.05) is 37.2 Å². The van der Waals surface area contributed by atoms with Crippen LogP contribution < -0.4 is 16.4 Å². The molecule has 1 aliphatic rings. The number of carbonyl (C=O) groups excluding carboxylic acids is 1. The summed E-state index contributed by atoms with van der Waals surface area (Å²) in [7, 11) is 0. The van der Waals surface area contributed by atoms with Crippen molar-refractivity contribution in [1.29, 1.82) is 0 Å². The predicted molar refractivity (Wildman–Crippen MR) is 86.1 cm³/mol. The van der Waals surface area contributed by atoms with Crippen molar-refractivity contribution in [3.05, 3.63) is 29.3 Å². The molecule has 1 saturated carbocycles. The smallest absolute Gasteiger partial charge is 0.319 e. The molecule has 2 amide bonds. The van der Waals surface area contributed by atoms with E-state index in [2.05, 4.69) is 22.5 Å². The molecule has 0 aromatic heterocycles. The summed E-state index contributed by atoms with van der Waals surface area (Å²) in [6, 6.07) is 5.95. The molecular weight excluding hydrogens is 262 g/mol. The molecule has 0 heterocycles. The fraction of sp³-hybridized carbons (Fsp3) is 0.471. The highest BCUT2D eigenvalue weighted by molar-refractivity contribution is 5.91. The lowest BCUT2D eigenvalue weighted by Gasteiger charge is -2.23. The van der Waals surface area contributed by atoms with Crippen molar-refractivity contribution in [2.75, 3.05) is 11.9 Å². The molecule has 1 fully saturated rings. The number of hydrogen-bond donors (Lipinski definition) is 3. The topological polar surface area (TPSA) is 67.2 Å². The maximum Gasteiger partial charge on any atom is 0.319 e. The number of carbonyl (C=O) groups is 1. The summed E-state index contributed by atoms with van der Waals surface area (Å²) in [4.78, 5) is 12.1. The Hall–Kier alpha value is -1.99. The zero-order valence-corrected chi connectivity index (χ0v) is 12.5. The first-order valence-electron chi connectivity index (χ1n) is 7.56. The van der Waals surface area contributed by atoms with Gasteiger partial charge in [-0.15, -0.1) is 0 Å². The standard InChI is InChI=1S/C17H23N3O/c1-13-9-10-16(14(12-13)6-5-11-18)20-17(21)19-15-7-3-2-4-8-15/h9-10,12,15H,2-4,7-8,11,18H2,1H3,(H2,19,20,21). The molecule has 4 heteroatoms. The van der Waals surface area contributed by atoms with Crippen LogP contribution in [0.3, 0.4) is 0 Å². The Labute approximate surface area is 126 Å². The minimum Gasteiger partial charge on any atom is -0.335 e. The van der Waals surface area contributed by atoms with Crippen LogP contribution in [0.25, 0.3) is 0 Å². The molecule has 0 bridgehead atoms. The second-order valence-electron chi connectivity index (χ2n) is 5.49. The van der Waals surface area contributed by atoms with Crippen molar-refractivity contribution in [3.63, 3.8) is 0 Å². The van der Waals surface area contributed by atoms with Crippen LogP contribution in [0.2, 0.25) is 0 Å². The Morgan fingerprint density at radius 2 is 2.10 bits per heavy atom. The van der Waals surface area contributed by atoms with Gasteiger partial charge in [0, 0.05) is 11.6 Å². The summed E-state index contributed by atoms with van der Waals surface area (Å²) in [5.74, 6) is 5.84. The van der Waals surface area contributed by atoms with Crippen LogP contribution in [-0.2, 0) is 0 Å². The lowest BCUT2D eigenvalue weighted by Crippen LogP contribution is -2.39. The second-order valence-corrected chi connectivity index (χ2v) is 5.49. The van der Waals surface area contributed by atoms with Crippen LogP contribution in [0.1, 0.15) is 43.2 Å². The van der Waals surface area contributed by atoms with Gasteiger partial charge in [0.25, 0.3) is 0 Å². The van der Waals surface area contributed by atoms with E-state index < -0.39 is 0 Å². The number of benzene rings is 1. The molecule has 0 spiro atoms. The molecule has 0 unspecified atom stereocenters. The molecule has 0 atom stereocenters. The van der Waals surface area contributed by atoms with Crippen LogP contribution in [-0.4, -0.2) is 18.6 Å². The van der Waals surface area contributed by atoms with Crippen molar-refractivity contribution in [1.82, 2.24) is 5.32 Å². The largest absolute Gasteiger partial charge is 0.335 e. The monoisotopic (exact) mass is 285 g/mol. The van der Waals surface area contributed by atoms with Gasteiger partial charge in [-0.2, -0.15) is 0 Å². The van der Waals surface area contributed by atoms with Gasteiger partial charge in [0.2, 0.25) is 0 Å². The van der Waals surface area contributed by atoms with E-state index >= 15 is 0 Å². The second kappa shape index (κ2) is 7.70. The number of hydrogen-bond acceptors (Lipinski definition) is 2. The Kier molecular flexibility index (Phi) is 5.65. The third kappa shape index (κ3) is 4.80. The number of aryl methyl sites for hydroxylation is 1. The van der Waals surface area contributed by atoms with Crippen LogP contribution >= 0.6 is 0 Å². The highest BCUT2D eigenvalue weighted by Crippen LogP contribution is 2.19. The summed E-state index contributed by atoms with van der Waals surface area (Å²) in [6.45, 7) is 2.31. The molecule has 21 heavy (non-hydrogen) atoms. The Balaban J connectivity index is 2.02. The molecule has 0 aliphatic heterocycles. The predicted octanol–water partition coefficient (Wildman–Crippen LogP) is 2.76. The van der Waals surface area contributed by atoms with Crippen LogP contribution in [0, 0.1) is 18.8 Å². The molecular formula is C17H23N3O. The van der Waals surface area contributed by atoms with Crippen LogP contribution in [0.5, 0.6) is 0 Å². The Bertz CT molecular complexity index is 551. The van der Waals surface area contributed by atoms with E-state index in [0.29, 0.717) is 12.6 Å². The fourth-order valence-electron chi connectivity index (χ4n) is 2.61. The first kappa shape index (κ1) is 15.4. The Morgan fingerprint density at radius 1 is 1.33 bits per heavy atom. The average Bonchev–Trinajstić information content (AvgIpc) is 2.48. The van der Waals surface area contributed by atoms with E-state index in [1.165, 1.54) is 19.3 Å². The Morgan fingerprint density at radius 3 is 2.81 bits per heavy atom. The van der Waals surface area contributed by atoms with Crippen molar-refractivity contribution >= 4 is 11.7 Å². The number of urea groups is 1. The van der Waals surface area contributed by atoms with Crippen molar-refractivity contribution in [3.8, 4) is 11.8 Å². The number of anilines is 1. The molecule has 0 saturated heterocycles. The van der Waals surface area contributed by atoms with E-state index in [-0.39, 0.29) is 6.03 Å². The van der Waals surface area contributed by atoms with E-state index in [0.717, 1.165) is 29.7 Å². The summed E-state index contributed by atoms with van der Waals surface area (Å²) < 4.78 is 0. The molecule has 0 radical (unpaired) electrons. The summed E-state index contributed by atoms with van der Waals surface area (Å²) in [5, 5.41) is 5.94. The minimum atomic E-state index is -0.151. The summed E-state index contributed by atoms with van der Waals surface area (Å²) >= 11 is 0. The summed E-state index contributed by atoms with van der Waals surface area (Å²) in [5.41, 5.74) is 8.06. The van der Waals surface area contributed by atoms with Gasteiger partial charge in [0.15, 0.2) is 0 Å². The quantitative estimate of drug-likeness (QED) is 0.731. The maximum absolute atomic E-state index is 12.1. The third-order valence-corrected chi connectivity index (χ3v) is 3.69. The van der Waals surface area contributed by atoms with Gasteiger partial charge in [-0.3, -0.25) is 0 Å². The van der Waals surface area contributed by atoms with Gasteiger partial charge < -0.3 is 16.4 Å². The molecule has 2 rings (SSSR count). The lowest BCUT2D eigenvalue weighted by atomic mass is 9.96. The highest BCUT2D eigenvalue weighted by Gasteiger charge is 2.16. The number of rotatable bonds is 2. The number of nitrogens with two attached hydrogens (primary N) is 1. The van der Waals surface area contributed by atoms with Gasteiger partial charge in [0.05, 0.1) is 12.2 Å². The molecule has 112 valence electrons. The number of amides is 2. The van der Waals surface area contributed by atoms with Crippen molar-refractivity contribution < 1.29 is 4.79 Å². The first-order valence-corrected chi connectivity index (χ1v) is 7.56. The SMILES string of the molecule is Cc1ccc(NC(=O)NC2CCCCC2)c(C#CCN)c1. The van der Waals surface area contributed by atoms with Crippen molar-refractivity contribution in [2.45, 2.75) is 45.1 Å². The van der Waals surface area contributed by atoms with Gasteiger partial charge in [-0.25, -0.2) is 4.79 Å². The first-order chi connectivity index (χ1) is 10.2. The van der Waals surface area contributed by atoms with Crippen molar-refractivity contribution in [2.24, 2.45) is 5.73 Å². The van der Waals surface area contributed by atoms with E-state index in [9.17, 15) is 4.79 Å². The van der Waals surface area contributed by atoms with E-state index in [1.807, 2.05) is 25.1 Å². The number of nitrogens with one attached hydrogen (secondary N) is 2. The van der Waals surface area contributed by atoms with E-state index in [1.54, 1.807) is 0 Å². The van der Waals surface area contributed by atoms with Gasteiger partial charge >= 0.3 is 6.03 Å². The minimum absolute atomic E-state index is 0.151. The lowest BCUT2D eigenvalue weighted by molar-refractivity contribution is 0.244. The molecule has 4 N–H and O–H groups in total. The zero-order chi connectivity index (χ0) is 15.1. The van der Waals surface area contributed by atoms with E-state index in [4.69, 9.17) is 5.73 Å². The fourth-order valence-corrected chi connectivity index (χ4v) is 2.61. The normalized spacial score (nSPS) is 15.0.